The average molecular weight is 2470 g/mol. The molecular weight excluding hydrogens is 2340 g/mol. The zero-order valence-electron chi connectivity index (χ0n) is 82.2. The standard InChI is InChI=1S/C21H26BCl3N2O3.C15H14Cl3IN2O.C15H16Cl3N3O.C12H24B2O4.C9H12Cl2N2.C6H5Cl2NO.C6H12O2.C5H5BrN2O2.C4H2Cl2N2.3CH4/c1-7-12(8-2)14-11-17(26-27-19(14)25)28-18-15(23)9-13(10-16(18)24)22-29-20(3,4)21(5,6)30-22;2*1-3-8(4-2)10-7-13(20-21-15(10)18)22-14-11(16)5-9(19)6-12(14)17;1-9(2)10(3,4)16-13(15-9)14-17-11(5,6)12(7,8)18-14;1-3-6(4-2)7-5-8(10)12-13-9(7)11;7-4-1-3(9)2-5(8)6(4)10;1-3-5(4-2)6(7)8;1-8-4(10)2-3(9)5(6)7-8;5-3-1-2-4(6)8-7-3;;;/h9-12H,7-8H2,1-6H3;5-8H,3-4H2,1-2H3;5-8H,3-4,19H2,1-2H3;1-8H3;5-6H,3-4H2,1-2H3;1-2,10H,9H2;5H,3-4H2,1-2H3,(H,7,8);2H2,1H3;1-2H;3*1H4. The maximum Gasteiger partial charge on any atom is 0.494 e. The minimum Gasteiger partial charge on any atom is -0.505 e. The highest BCUT2D eigenvalue weighted by molar-refractivity contribution is 14.1. The molecule has 3 fully saturated rings. The van der Waals surface area contributed by atoms with Crippen LogP contribution in [-0.4, -0.2) is 150 Å². The number of anilines is 2. The third kappa shape index (κ3) is 39.2. The number of carboxylic acids is 1. The molecule has 13 rings (SSSR count). The number of carboxylic acid groups (broad SMARTS) is 1. The summed E-state index contributed by atoms with van der Waals surface area (Å²) >= 11 is 94.6. The summed E-state index contributed by atoms with van der Waals surface area (Å²) < 4.78 is 54.5. The lowest BCUT2D eigenvalue weighted by Crippen LogP contribution is -2.41. The molecule has 6 N–H and O–H groups in total. The molecule has 0 radical (unpaired) electrons. The van der Waals surface area contributed by atoms with Gasteiger partial charge in [-0.3, -0.25) is 14.4 Å². The fourth-order valence-corrected chi connectivity index (χ4v) is 18.1. The molecule has 28 nitrogen and oxygen atoms in total. The number of nitrogens with zero attached hydrogens (tertiary/aromatic N) is 12. The molecule has 0 atom stereocenters. The Balaban J connectivity index is 0.000000564. The molecule has 9 aromatic rings. The zero-order chi connectivity index (χ0) is 107. The first-order chi connectivity index (χ1) is 65.7. The molecule has 4 aromatic carbocycles. The summed E-state index contributed by atoms with van der Waals surface area (Å²) in [5.74, 6) is 1.72. The molecule has 5 aromatic heterocycles. The Morgan fingerprint density at radius 3 is 0.944 bits per heavy atom. The third-order valence-corrected chi connectivity index (χ3v) is 29.0. The molecule has 0 bridgehead atoms. The first-order valence-electron chi connectivity index (χ1n) is 44.8. The smallest absolute Gasteiger partial charge is 0.494 e. The van der Waals surface area contributed by atoms with Crippen LogP contribution in [0.3, 0.4) is 0 Å². The minimum atomic E-state index is -0.671. The predicted octanol–water partition coefficient (Wildman–Crippen LogP) is 32.4. The Bertz CT molecular complexity index is 5410. The summed E-state index contributed by atoms with van der Waals surface area (Å²) in [5.41, 5.74) is 14.0. The lowest BCUT2D eigenvalue weighted by Gasteiger charge is -2.32. The van der Waals surface area contributed by atoms with E-state index in [0.717, 1.165) is 101 Å². The second-order valence-electron chi connectivity index (χ2n) is 35.0. The van der Waals surface area contributed by atoms with Crippen molar-refractivity contribution in [2.24, 2.45) is 11.0 Å². The molecule has 794 valence electrons. The minimum absolute atomic E-state index is 0. The van der Waals surface area contributed by atoms with Crippen LogP contribution >= 0.6 is 213 Å². The van der Waals surface area contributed by atoms with Gasteiger partial charge < -0.3 is 63.8 Å². The van der Waals surface area contributed by atoms with Crippen molar-refractivity contribution in [1.82, 2.24) is 56.0 Å². The first-order valence-corrected chi connectivity index (χ1v) is 52.3. The van der Waals surface area contributed by atoms with Crippen molar-refractivity contribution in [3.05, 3.63) is 187 Å². The number of Topliss-reactive ketones (excluding diaryl/α,β-unsaturated/α-hetero) is 1. The van der Waals surface area contributed by atoms with Crippen LogP contribution in [0.2, 0.25) is 76.3 Å². The Kier molecular flexibility index (Phi) is 57.7. The predicted molar refractivity (Wildman–Crippen MR) is 606 cm³/mol. The number of hydrogen-bond donors (Lipinski definition) is 4. The van der Waals surface area contributed by atoms with Crippen LogP contribution in [0.1, 0.15) is 291 Å². The van der Waals surface area contributed by atoms with Crippen molar-refractivity contribution in [2.75, 3.05) is 18.5 Å². The monoisotopic (exact) mass is 2460 g/mol. The normalized spacial score (nSPS) is 15.1. The molecule has 0 spiro atoms. The molecule has 48 heteroatoms. The molecular formula is C96H128B3BrCl15IN14O14. The number of nitrogen functional groups attached to an aromatic ring is 2. The second kappa shape index (κ2) is 61.5. The highest BCUT2D eigenvalue weighted by Crippen LogP contribution is 2.47. The number of rotatable bonds is 23. The van der Waals surface area contributed by atoms with Crippen molar-refractivity contribution in [2.45, 2.75) is 303 Å². The van der Waals surface area contributed by atoms with Gasteiger partial charge in [0, 0.05) is 40.2 Å². The number of phenols is 1. The number of aromatic nitrogens is 10. The van der Waals surface area contributed by atoms with Gasteiger partial charge in [-0.25, -0.2) is 5.01 Å². The van der Waals surface area contributed by atoms with E-state index in [0.29, 0.717) is 124 Å². The molecule has 4 aliphatic rings. The molecule has 0 aliphatic carbocycles. The summed E-state index contributed by atoms with van der Waals surface area (Å²) in [6, 6.07) is 23.3. The number of carbonyl (C=O) groups excluding carboxylic acids is 2. The maximum absolute atomic E-state index is 10.7. The van der Waals surface area contributed by atoms with Crippen LogP contribution in [0.15, 0.2) is 90.0 Å². The van der Waals surface area contributed by atoms with E-state index in [9.17, 15) is 14.4 Å². The summed E-state index contributed by atoms with van der Waals surface area (Å²) in [4.78, 5) is 31.6. The van der Waals surface area contributed by atoms with Crippen LogP contribution in [0.25, 0.3) is 0 Å². The van der Waals surface area contributed by atoms with Crippen LogP contribution in [0.4, 0.5) is 11.4 Å². The summed E-state index contributed by atoms with van der Waals surface area (Å²) in [5, 5.41) is 65.6. The van der Waals surface area contributed by atoms with Crippen molar-refractivity contribution >= 4 is 273 Å². The van der Waals surface area contributed by atoms with Crippen LogP contribution in [0.5, 0.6) is 40.6 Å². The number of carbonyl (C=O) groups is 3. The number of ketones is 1. The van der Waals surface area contributed by atoms with Gasteiger partial charge in [-0.15, -0.1) is 51.0 Å². The highest BCUT2D eigenvalue weighted by Gasteiger charge is 2.64. The fraction of sp³-hybridized carbons (Fsp3) is 0.500. The van der Waals surface area contributed by atoms with Crippen LogP contribution in [0, 0.1) is 9.49 Å². The molecule has 4 aliphatic heterocycles. The topological polar surface area (TPSA) is 371 Å². The SMILES string of the molecule is C.C.C.CC1(C)OB(B2OC(C)(C)C(C)(C)O2)OC1(C)C.CCC(CC)C(=O)O.CCC(CC)c1cc(Cl)nnc1Cl.CCC(CC)c1cc(Oc2c(Cl)cc(B3OC(C)(C)C(C)(C)O3)cc2Cl)nnc1Cl.CCC(CC)c1cc(Oc2c(Cl)cc(I)cc2Cl)nnc1Cl.CCC(CC)c1cc(Oc2c(Cl)cc(N)cc2Cl)nnc1Cl.CN1N=C(Br)C(=O)CC1=O.Clc1ccc(Cl)nn1.Nc1cc(Cl)c(O)c(Cl)c1. The van der Waals surface area contributed by atoms with E-state index in [4.69, 9.17) is 238 Å². The van der Waals surface area contributed by atoms with E-state index in [1.807, 2.05) is 96.9 Å². The van der Waals surface area contributed by atoms with Crippen molar-refractivity contribution in [1.29, 1.82) is 0 Å². The lowest BCUT2D eigenvalue weighted by atomic mass is 9.49. The van der Waals surface area contributed by atoms with Gasteiger partial charge in [0.2, 0.25) is 23.5 Å². The fourth-order valence-electron chi connectivity index (χ4n) is 13.2. The quantitative estimate of drug-likeness (QED) is 0.0152. The number of nitrogens with two attached hydrogens (primary N) is 2. The van der Waals surface area contributed by atoms with Gasteiger partial charge in [0.05, 0.1) is 86.1 Å². The molecule has 3 saturated heterocycles. The number of phenolic OH excluding ortho intramolecular Hbond substituents is 1. The molecule has 144 heavy (non-hydrogen) atoms. The molecule has 0 saturated carbocycles. The average Bonchev–Trinajstić information content (AvgIpc) is 1.59. The van der Waals surface area contributed by atoms with Crippen LogP contribution < -0.4 is 31.1 Å². The number of amides is 1. The third-order valence-electron chi connectivity index (χ3n) is 23.7. The van der Waals surface area contributed by atoms with Gasteiger partial charge in [0.15, 0.2) is 69.5 Å². The van der Waals surface area contributed by atoms with E-state index in [-0.39, 0.29) is 101 Å². The highest BCUT2D eigenvalue weighted by atomic mass is 127. The number of aliphatic carboxylic acids is 1. The number of halogens is 17. The first kappa shape index (κ1) is 135. The van der Waals surface area contributed by atoms with Gasteiger partial charge >= 0.3 is 27.1 Å². The molecule has 0 unspecified atom stereocenters. The molecule has 1 amide bonds. The van der Waals surface area contributed by atoms with Gasteiger partial charge in [-0.2, -0.15) is 5.10 Å². The summed E-state index contributed by atoms with van der Waals surface area (Å²) in [6.45, 7) is 44.8. The maximum atomic E-state index is 10.7. The van der Waals surface area contributed by atoms with Crippen molar-refractivity contribution < 1.29 is 66.7 Å². The van der Waals surface area contributed by atoms with Gasteiger partial charge in [-0.1, -0.05) is 266 Å². The summed E-state index contributed by atoms with van der Waals surface area (Å²) in [6.07, 6.45) is 9.18. The Morgan fingerprint density at radius 1 is 0.410 bits per heavy atom. The molecule has 9 heterocycles. The Hall–Kier alpha value is -5.13. The van der Waals surface area contributed by atoms with Crippen molar-refractivity contribution in [3.8, 4) is 40.6 Å². The Labute approximate surface area is 946 Å². The number of aromatic hydroxyl groups is 1. The summed E-state index contributed by atoms with van der Waals surface area (Å²) in [7, 11) is -0.0151. The van der Waals surface area contributed by atoms with E-state index in [1.54, 1.807) is 72.8 Å². The van der Waals surface area contributed by atoms with E-state index in [1.165, 1.54) is 19.2 Å². The number of hydrogen-bond acceptors (Lipinski definition) is 26. The van der Waals surface area contributed by atoms with Crippen LogP contribution in [-0.2, 0) is 42.3 Å². The van der Waals surface area contributed by atoms with Gasteiger partial charge in [0.1, 0.15) is 0 Å². The number of benzene rings is 4. The van der Waals surface area contributed by atoms with E-state index >= 15 is 0 Å². The second-order valence-corrected chi connectivity index (χ2v) is 42.8. The number of hydrazone groups is 1. The van der Waals surface area contributed by atoms with E-state index in [2.05, 4.69) is 150 Å². The van der Waals surface area contributed by atoms with Gasteiger partial charge in [0.25, 0.3) is 0 Å². The zero-order valence-corrected chi connectivity index (χ0v) is 97.3. The number of ether oxygens (including phenoxy) is 3. The Morgan fingerprint density at radius 2 is 0.674 bits per heavy atom. The lowest BCUT2D eigenvalue weighted by molar-refractivity contribution is -0.142. The van der Waals surface area contributed by atoms with E-state index < -0.39 is 38.3 Å². The largest absolute Gasteiger partial charge is 0.505 e. The van der Waals surface area contributed by atoms with Gasteiger partial charge in [-0.05, 0) is 304 Å². The van der Waals surface area contributed by atoms with Crippen molar-refractivity contribution in [3.63, 3.8) is 0 Å².